The summed E-state index contributed by atoms with van der Waals surface area (Å²) in [6, 6.07) is 8.99. The maximum absolute atomic E-state index is 11.7. The second-order valence-electron chi connectivity index (χ2n) is 6.29. The topological polar surface area (TPSA) is 72.3 Å². The van der Waals surface area contributed by atoms with E-state index >= 15 is 0 Å². The van der Waals surface area contributed by atoms with E-state index in [0.717, 1.165) is 31.6 Å². The zero-order valence-electron chi connectivity index (χ0n) is 14.8. The van der Waals surface area contributed by atoms with Crippen LogP contribution in [0.2, 0.25) is 0 Å². The average Bonchev–Trinajstić information content (AvgIpc) is 3.17. The molecule has 1 aliphatic heterocycles. The Morgan fingerprint density at radius 3 is 2.64 bits per heavy atom. The fourth-order valence-corrected chi connectivity index (χ4v) is 3.15. The lowest BCUT2D eigenvalue weighted by Gasteiger charge is -2.33. The zero-order chi connectivity index (χ0) is 17.6. The van der Waals surface area contributed by atoms with Crippen LogP contribution in [0.3, 0.4) is 0 Å². The van der Waals surface area contributed by atoms with Crippen LogP contribution >= 0.6 is 0 Å². The molecule has 7 heteroatoms. The zero-order valence-corrected chi connectivity index (χ0v) is 14.8. The Hall–Kier alpha value is -2.41. The van der Waals surface area contributed by atoms with Crippen LogP contribution in [0.1, 0.15) is 38.3 Å². The number of hydrogen-bond acceptors (Lipinski definition) is 5. The van der Waals surface area contributed by atoms with E-state index in [4.69, 9.17) is 4.74 Å². The Bertz CT molecular complexity index is 663. The van der Waals surface area contributed by atoms with E-state index < -0.39 is 0 Å². The van der Waals surface area contributed by atoms with Crippen molar-refractivity contribution in [1.82, 2.24) is 25.2 Å². The number of benzene rings is 1. The van der Waals surface area contributed by atoms with E-state index in [0.29, 0.717) is 12.6 Å². The number of likely N-dealkylation sites (tertiary alicyclic amines) is 1. The smallest absolute Gasteiger partial charge is 0.409 e. The van der Waals surface area contributed by atoms with Gasteiger partial charge in [-0.1, -0.05) is 17.3 Å². The number of rotatable bonds is 5. The van der Waals surface area contributed by atoms with Crippen molar-refractivity contribution in [3.05, 3.63) is 42.2 Å². The summed E-state index contributed by atoms with van der Waals surface area (Å²) < 4.78 is 6.81. The maximum Gasteiger partial charge on any atom is 0.409 e. The molecule has 1 aromatic heterocycles. The van der Waals surface area contributed by atoms with Crippen LogP contribution in [0.25, 0.3) is 5.69 Å². The van der Waals surface area contributed by atoms with Gasteiger partial charge in [0.25, 0.3) is 0 Å². The van der Waals surface area contributed by atoms with Crippen molar-refractivity contribution in [2.75, 3.05) is 19.7 Å². The lowest BCUT2D eigenvalue weighted by atomic mass is 10.0. The Labute approximate surface area is 148 Å². The SMILES string of the molecule is CCOC(=O)N1CCC(N[C@H](C)c2ccc(-n3ccnn3)cc2)CC1. The van der Waals surface area contributed by atoms with Gasteiger partial charge in [0.05, 0.1) is 24.7 Å². The molecule has 7 nitrogen and oxygen atoms in total. The van der Waals surface area contributed by atoms with Crippen LogP contribution in [0.4, 0.5) is 4.79 Å². The van der Waals surface area contributed by atoms with Gasteiger partial charge in [-0.05, 0) is 44.4 Å². The Kier molecular flexibility index (Phi) is 5.65. The number of hydrogen-bond donors (Lipinski definition) is 1. The second-order valence-corrected chi connectivity index (χ2v) is 6.29. The van der Waals surface area contributed by atoms with Crippen molar-refractivity contribution < 1.29 is 9.53 Å². The molecule has 2 aromatic rings. The molecule has 0 saturated carbocycles. The van der Waals surface area contributed by atoms with Crippen molar-refractivity contribution >= 4 is 6.09 Å². The molecule has 25 heavy (non-hydrogen) atoms. The van der Waals surface area contributed by atoms with Crippen LogP contribution in [-0.2, 0) is 4.74 Å². The molecule has 0 bridgehead atoms. The van der Waals surface area contributed by atoms with E-state index in [2.05, 4.69) is 34.7 Å². The van der Waals surface area contributed by atoms with Crippen LogP contribution in [0, 0.1) is 0 Å². The Morgan fingerprint density at radius 2 is 2.04 bits per heavy atom. The minimum absolute atomic E-state index is 0.197. The van der Waals surface area contributed by atoms with E-state index in [1.807, 2.05) is 25.3 Å². The lowest BCUT2D eigenvalue weighted by Crippen LogP contribution is -2.45. The summed E-state index contributed by atoms with van der Waals surface area (Å²) in [4.78, 5) is 13.5. The lowest BCUT2D eigenvalue weighted by molar-refractivity contribution is 0.0944. The molecule has 0 unspecified atom stereocenters. The summed E-state index contributed by atoms with van der Waals surface area (Å²) in [5.41, 5.74) is 2.23. The summed E-state index contributed by atoms with van der Waals surface area (Å²) in [7, 11) is 0. The average molecular weight is 343 g/mol. The molecule has 134 valence electrons. The first-order chi connectivity index (χ1) is 12.2. The number of carbonyl (C=O) groups is 1. The number of amides is 1. The van der Waals surface area contributed by atoms with Gasteiger partial charge >= 0.3 is 6.09 Å². The molecule has 1 N–H and O–H groups in total. The number of nitrogens with zero attached hydrogens (tertiary/aromatic N) is 4. The first-order valence-corrected chi connectivity index (χ1v) is 8.81. The molecule has 2 heterocycles. The largest absolute Gasteiger partial charge is 0.450 e. The summed E-state index contributed by atoms with van der Waals surface area (Å²) >= 11 is 0. The molecule has 0 aliphatic carbocycles. The van der Waals surface area contributed by atoms with E-state index in [1.165, 1.54) is 5.56 Å². The Morgan fingerprint density at radius 1 is 1.32 bits per heavy atom. The molecule has 1 saturated heterocycles. The van der Waals surface area contributed by atoms with Gasteiger partial charge in [-0.25, -0.2) is 9.48 Å². The van der Waals surface area contributed by atoms with Gasteiger partial charge < -0.3 is 15.0 Å². The molecule has 0 radical (unpaired) electrons. The first kappa shape index (κ1) is 17.4. The van der Waals surface area contributed by atoms with Gasteiger partial charge in [-0.15, -0.1) is 5.10 Å². The number of piperidine rings is 1. The molecule has 1 fully saturated rings. The highest BCUT2D eigenvalue weighted by Crippen LogP contribution is 2.19. The van der Waals surface area contributed by atoms with E-state index in [9.17, 15) is 4.79 Å². The molecule has 1 amide bonds. The standard InChI is InChI=1S/C18H25N5O2/c1-3-25-18(24)22-11-8-16(9-12-22)20-14(2)15-4-6-17(7-5-15)23-13-10-19-21-23/h4-7,10,13-14,16,20H,3,8-9,11-12H2,1-2H3/t14-/m1/s1. The van der Waals surface area contributed by atoms with Crippen molar-refractivity contribution in [2.24, 2.45) is 0 Å². The van der Waals surface area contributed by atoms with Gasteiger partial charge in [0, 0.05) is 25.2 Å². The fraction of sp³-hybridized carbons (Fsp3) is 0.500. The third-order valence-corrected chi connectivity index (χ3v) is 4.59. The summed E-state index contributed by atoms with van der Waals surface area (Å²) in [5.74, 6) is 0. The van der Waals surface area contributed by atoms with Crippen molar-refractivity contribution in [2.45, 2.75) is 38.8 Å². The summed E-state index contributed by atoms with van der Waals surface area (Å²) in [6.07, 6.45) is 5.19. The number of nitrogens with one attached hydrogen (secondary N) is 1. The third-order valence-electron chi connectivity index (χ3n) is 4.59. The van der Waals surface area contributed by atoms with Crippen LogP contribution in [0.15, 0.2) is 36.7 Å². The quantitative estimate of drug-likeness (QED) is 0.903. The fourth-order valence-electron chi connectivity index (χ4n) is 3.15. The predicted octanol–water partition coefficient (Wildman–Crippen LogP) is 2.54. The van der Waals surface area contributed by atoms with Gasteiger partial charge in [0.2, 0.25) is 0 Å². The number of ether oxygens (including phenoxy) is 1. The summed E-state index contributed by atoms with van der Waals surface area (Å²) in [5, 5.41) is 11.5. The van der Waals surface area contributed by atoms with Gasteiger partial charge in [0.15, 0.2) is 0 Å². The molecular weight excluding hydrogens is 318 g/mol. The number of aromatic nitrogens is 3. The highest BCUT2D eigenvalue weighted by atomic mass is 16.6. The monoisotopic (exact) mass is 343 g/mol. The van der Waals surface area contributed by atoms with Crippen LogP contribution in [-0.4, -0.2) is 51.7 Å². The molecule has 1 aliphatic rings. The highest BCUT2D eigenvalue weighted by molar-refractivity contribution is 5.67. The second kappa shape index (κ2) is 8.11. The third kappa shape index (κ3) is 4.36. The highest BCUT2D eigenvalue weighted by Gasteiger charge is 2.24. The van der Waals surface area contributed by atoms with Crippen molar-refractivity contribution in [1.29, 1.82) is 0 Å². The van der Waals surface area contributed by atoms with Crippen molar-refractivity contribution in [3.8, 4) is 5.69 Å². The van der Waals surface area contributed by atoms with Gasteiger partial charge in [-0.2, -0.15) is 0 Å². The minimum Gasteiger partial charge on any atom is -0.450 e. The first-order valence-electron chi connectivity index (χ1n) is 8.81. The molecule has 3 rings (SSSR count). The molecular formula is C18H25N5O2. The van der Waals surface area contributed by atoms with E-state index in [1.54, 1.807) is 15.8 Å². The minimum atomic E-state index is -0.197. The molecule has 0 spiro atoms. The predicted molar refractivity (Wildman–Crippen MR) is 94.5 cm³/mol. The molecule has 1 aromatic carbocycles. The number of carbonyl (C=O) groups excluding carboxylic acids is 1. The summed E-state index contributed by atoms with van der Waals surface area (Å²) in [6.45, 7) is 5.92. The molecule has 1 atom stereocenters. The van der Waals surface area contributed by atoms with Crippen LogP contribution < -0.4 is 5.32 Å². The van der Waals surface area contributed by atoms with Gasteiger partial charge in [-0.3, -0.25) is 0 Å². The van der Waals surface area contributed by atoms with Gasteiger partial charge in [0.1, 0.15) is 0 Å². The van der Waals surface area contributed by atoms with Crippen molar-refractivity contribution in [3.63, 3.8) is 0 Å². The van der Waals surface area contributed by atoms with E-state index in [-0.39, 0.29) is 12.1 Å². The van der Waals surface area contributed by atoms with Crippen LogP contribution in [0.5, 0.6) is 0 Å². The maximum atomic E-state index is 11.7. The Balaban J connectivity index is 1.51. The normalized spacial score (nSPS) is 16.6.